The lowest BCUT2D eigenvalue weighted by Crippen LogP contribution is -2.51. The van der Waals surface area contributed by atoms with E-state index in [1.54, 1.807) is 36.1 Å². The van der Waals surface area contributed by atoms with Crippen LogP contribution in [-0.2, 0) is 9.53 Å². The largest absolute Gasteiger partial charge is 0.378 e. The Morgan fingerprint density at radius 2 is 2.05 bits per heavy atom. The first-order valence-corrected chi connectivity index (χ1v) is 7.13. The topological polar surface area (TPSA) is 70.7 Å². The zero-order chi connectivity index (χ0) is 15.2. The lowest BCUT2D eigenvalue weighted by Gasteiger charge is -2.29. The lowest BCUT2D eigenvalue weighted by atomic mass is 10.2. The number of anilines is 1. The Bertz CT molecular complexity index is 518. The molecule has 114 valence electrons. The Morgan fingerprint density at radius 1 is 1.33 bits per heavy atom. The fraction of sp³-hybridized carbons (Fsp3) is 0.429. The molecule has 1 aliphatic heterocycles. The average molecular weight is 312 g/mol. The van der Waals surface area contributed by atoms with Gasteiger partial charge in [0, 0.05) is 23.8 Å². The third kappa shape index (κ3) is 4.61. The van der Waals surface area contributed by atoms with Gasteiger partial charge in [0.1, 0.15) is 6.04 Å². The quantitative estimate of drug-likeness (QED) is 0.892. The number of hydrogen-bond acceptors (Lipinski definition) is 3. The second kappa shape index (κ2) is 7.28. The summed E-state index contributed by atoms with van der Waals surface area (Å²) in [6.07, 6.45) is 0. The van der Waals surface area contributed by atoms with E-state index < -0.39 is 12.1 Å². The van der Waals surface area contributed by atoms with E-state index in [0.717, 1.165) is 0 Å². The maximum atomic E-state index is 12.1. The molecule has 0 bridgehead atoms. The number of nitrogens with zero attached hydrogens (tertiary/aromatic N) is 1. The molecule has 0 aliphatic carbocycles. The summed E-state index contributed by atoms with van der Waals surface area (Å²) in [4.78, 5) is 25.7. The summed E-state index contributed by atoms with van der Waals surface area (Å²) < 4.78 is 5.19. The number of ether oxygens (including phenoxy) is 1. The van der Waals surface area contributed by atoms with Crippen molar-refractivity contribution in [3.05, 3.63) is 29.3 Å². The van der Waals surface area contributed by atoms with Crippen molar-refractivity contribution in [2.75, 3.05) is 31.6 Å². The van der Waals surface area contributed by atoms with Gasteiger partial charge in [-0.15, -0.1) is 0 Å². The van der Waals surface area contributed by atoms with E-state index >= 15 is 0 Å². The SMILES string of the molecule is C[C@H](NC(=O)Nc1cccc(Cl)c1)C(=O)N1CCOCC1. The van der Waals surface area contributed by atoms with Crippen LogP contribution < -0.4 is 10.6 Å². The molecule has 1 fully saturated rings. The summed E-state index contributed by atoms with van der Waals surface area (Å²) in [6, 6.07) is 5.78. The maximum Gasteiger partial charge on any atom is 0.319 e. The second-order valence-electron chi connectivity index (χ2n) is 4.77. The molecular formula is C14H18ClN3O3. The van der Waals surface area contributed by atoms with Crippen molar-refractivity contribution in [1.29, 1.82) is 0 Å². The van der Waals surface area contributed by atoms with Crippen LogP contribution in [0.15, 0.2) is 24.3 Å². The normalized spacial score (nSPS) is 16.2. The van der Waals surface area contributed by atoms with Gasteiger partial charge < -0.3 is 20.3 Å². The van der Waals surface area contributed by atoms with Crippen LogP contribution in [0.2, 0.25) is 5.02 Å². The Hall–Kier alpha value is -1.79. The summed E-state index contributed by atoms with van der Waals surface area (Å²) in [5, 5.41) is 5.79. The molecule has 21 heavy (non-hydrogen) atoms. The molecule has 1 aromatic rings. The van der Waals surface area contributed by atoms with Crippen molar-refractivity contribution in [3.63, 3.8) is 0 Å². The second-order valence-corrected chi connectivity index (χ2v) is 5.20. The summed E-state index contributed by atoms with van der Waals surface area (Å²) in [5.74, 6) is -0.112. The molecule has 0 radical (unpaired) electrons. The Balaban J connectivity index is 1.85. The van der Waals surface area contributed by atoms with Gasteiger partial charge in [-0.2, -0.15) is 0 Å². The molecular weight excluding hydrogens is 294 g/mol. The number of hydrogen-bond donors (Lipinski definition) is 2. The third-order valence-electron chi connectivity index (χ3n) is 3.12. The minimum atomic E-state index is -0.595. The Morgan fingerprint density at radius 3 is 2.71 bits per heavy atom. The zero-order valence-corrected chi connectivity index (χ0v) is 12.5. The lowest BCUT2D eigenvalue weighted by molar-refractivity contribution is -0.136. The highest BCUT2D eigenvalue weighted by Gasteiger charge is 2.23. The molecule has 1 aliphatic rings. The molecule has 1 aromatic carbocycles. The van der Waals surface area contributed by atoms with Crippen LogP contribution >= 0.6 is 11.6 Å². The van der Waals surface area contributed by atoms with Gasteiger partial charge >= 0.3 is 6.03 Å². The fourth-order valence-corrected chi connectivity index (χ4v) is 2.24. The maximum absolute atomic E-state index is 12.1. The molecule has 0 saturated carbocycles. The van der Waals surface area contributed by atoms with E-state index in [1.165, 1.54) is 0 Å². The van der Waals surface area contributed by atoms with Crippen LogP contribution in [0, 0.1) is 0 Å². The van der Waals surface area contributed by atoms with E-state index in [4.69, 9.17) is 16.3 Å². The van der Waals surface area contributed by atoms with Crippen molar-refractivity contribution >= 4 is 29.2 Å². The summed E-state index contributed by atoms with van der Waals surface area (Å²) in [5.41, 5.74) is 0.575. The number of urea groups is 1. The molecule has 6 nitrogen and oxygen atoms in total. The summed E-state index contributed by atoms with van der Waals surface area (Å²) >= 11 is 5.84. The van der Waals surface area contributed by atoms with E-state index in [0.29, 0.717) is 37.0 Å². The van der Waals surface area contributed by atoms with Crippen LogP contribution in [0.4, 0.5) is 10.5 Å². The first kappa shape index (κ1) is 15.6. The molecule has 0 aromatic heterocycles. The van der Waals surface area contributed by atoms with E-state index in [-0.39, 0.29) is 5.91 Å². The number of amides is 3. The van der Waals surface area contributed by atoms with Gasteiger partial charge in [-0.1, -0.05) is 17.7 Å². The smallest absolute Gasteiger partial charge is 0.319 e. The highest BCUT2D eigenvalue weighted by Crippen LogP contribution is 2.14. The van der Waals surface area contributed by atoms with E-state index in [9.17, 15) is 9.59 Å². The highest BCUT2D eigenvalue weighted by molar-refractivity contribution is 6.30. The van der Waals surface area contributed by atoms with Gasteiger partial charge in [0.15, 0.2) is 0 Å². The minimum Gasteiger partial charge on any atom is -0.378 e. The van der Waals surface area contributed by atoms with Crippen molar-refractivity contribution < 1.29 is 14.3 Å². The molecule has 0 unspecified atom stereocenters. The van der Waals surface area contributed by atoms with Crippen LogP contribution in [0.25, 0.3) is 0 Å². The number of rotatable bonds is 3. The number of benzene rings is 1. The number of nitrogens with one attached hydrogen (secondary N) is 2. The molecule has 1 atom stereocenters. The first-order valence-electron chi connectivity index (χ1n) is 6.76. The number of carbonyl (C=O) groups excluding carboxylic acids is 2. The number of carbonyl (C=O) groups is 2. The van der Waals surface area contributed by atoms with Gasteiger partial charge in [0.25, 0.3) is 0 Å². The Kier molecular flexibility index (Phi) is 5.41. The number of morpholine rings is 1. The predicted octanol–water partition coefficient (Wildman–Crippen LogP) is 1.71. The highest BCUT2D eigenvalue weighted by atomic mass is 35.5. The van der Waals surface area contributed by atoms with Crippen molar-refractivity contribution in [2.24, 2.45) is 0 Å². The molecule has 0 spiro atoms. The van der Waals surface area contributed by atoms with Crippen LogP contribution in [0.3, 0.4) is 0 Å². The molecule has 2 rings (SSSR count). The molecule has 1 saturated heterocycles. The fourth-order valence-electron chi connectivity index (χ4n) is 2.05. The zero-order valence-electron chi connectivity index (χ0n) is 11.8. The standard InChI is InChI=1S/C14H18ClN3O3/c1-10(13(19)18-5-7-21-8-6-18)16-14(20)17-12-4-2-3-11(15)9-12/h2-4,9-10H,5-8H2,1H3,(H2,16,17,20)/t10-/m0/s1. The third-order valence-corrected chi connectivity index (χ3v) is 3.36. The number of halogens is 1. The van der Waals surface area contributed by atoms with Crippen molar-refractivity contribution in [2.45, 2.75) is 13.0 Å². The van der Waals surface area contributed by atoms with Crippen molar-refractivity contribution in [1.82, 2.24) is 10.2 Å². The van der Waals surface area contributed by atoms with Gasteiger partial charge in [-0.3, -0.25) is 4.79 Å². The predicted molar refractivity (Wildman–Crippen MR) is 80.5 cm³/mol. The molecule has 2 N–H and O–H groups in total. The molecule has 7 heteroatoms. The molecule has 3 amide bonds. The van der Waals surface area contributed by atoms with Crippen LogP contribution in [-0.4, -0.2) is 49.2 Å². The summed E-state index contributed by atoms with van der Waals surface area (Å²) in [7, 11) is 0. The van der Waals surface area contributed by atoms with E-state index in [2.05, 4.69) is 10.6 Å². The monoisotopic (exact) mass is 311 g/mol. The van der Waals surface area contributed by atoms with Crippen LogP contribution in [0.1, 0.15) is 6.92 Å². The van der Waals surface area contributed by atoms with Gasteiger partial charge in [0.05, 0.1) is 13.2 Å². The van der Waals surface area contributed by atoms with Crippen LogP contribution in [0.5, 0.6) is 0 Å². The van der Waals surface area contributed by atoms with Gasteiger partial charge in [-0.25, -0.2) is 4.79 Å². The molecule has 1 heterocycles. The van der Waals surface area contributed by atoms with Gasteiger partial charge in [-0.05, 0) is 25.1 Å². The summed E-state index contributed by atoms with van der Waals surface area (Å²) in [6.45, 7) is 3.84. The average Bonchev–Trinajstić information content (AvgIpc) is 2.47. The Labute approximate surface area is 128 Å². The minimum absolute atomic E-state index is 0.112. The van der Waals surface area contributed by atoms with E-state index in [1.807, 2.05) is 0 Å². The first-order chi connectivity index (χ1) is 10.1. The van der Waals surface area contributed by atoms with Crippen molar-refractivity contribution in [3.8, 4) is 0 Å². The van der Waals surface area contributed by atoms with Gasteiger partial charge in [0.2, 0.25) is 5.91 Å².